The lowest BCUT2D eigenvalue weighted by molar-refractivity contribution is -0.130. The van der Waals surface area contributed by atoms with Crippen molar-refractivity contribution in [3.05, 3.63) is 99.0 Å². The summed E-state index contributed by atoms with van der Waals surface area (Å²) in [5.41, 5.74) is 2.48. The van der Waals surface area contributed by atoms with E-state index in [9.17, 15) is 14.9 Å². The Balaban J connectivity index is 1.62. The number of aliphatic imine (C=N–C) groups is 1. The van der Waals surface area contributed by atoms with Gasteiger partial charge in [0.2, 0.25) is 5.91 Å². The number of benzene rings is 3. The van der Waals surface area contributed by atoms with Gasteiger partial charge in [-0.05, 0) is 73.9 Å². The number of rotatable bonds is 8. The Hall–Kier alpha value is -4.10. The van der Waals surface area contributed by atoms with Gasteiger partial charge in [-0.15, -0.1) is 0 Å². The van der Waals surface area contributed by atoms with Gasteiger partial charge in [-0.3, -0.25) is 19.6 Å². The molecule has 1 saturated heterocycles. The van der Waals surface area contributed by atoms with Crippen LogP contribution in [-0.2, 0) is 10.2 Å². The number of piperazine rings is 1. The molecule has 2 atom stereocenters. The molecule has 1 fully saturated rings. The molecule has 3 aromatic carbocycles. The molecule has 0 N–H and O–H groups in total. The van der Waals surface area contributed by atoms with E-state index < -0.39 is 17.5 Å². The summed E-state index contributed by atoms with van der Waals surface area (Å²) < 4.78 is 6.17. The van der Waals surface area contributed by atoms with Gasteiger partial charge in [0.1, 0.15) is 17.6 Å². The van der Waals surface area contributed by atoms with Crippen LogP contribution in [0.15, 0.2) is 71.7 Å². The topological polar surface area (TPSA) is 92.5 Å². The number of urea groups is 1. The number of carbonyl (C=O) groups is 2. The molecule has 3 amide bonds. The predicted octanol–water partition coefficient (Wildman–Crippen LogP) is 6.56. The molecule has 2 heterocycles. The first-order chi connectivity index (χ1) is 22.4. The highest BCUT2D eigenvalue weighted by atomic mass is 35.5. The second-order valence-electron chi connectivity index (χ2n) is 12.5. The minimum Gasteiger partial charge on any atom is -0.493 e. The molecular formula is C36H40Cl2N6O3. The molecule has 0 aliphatic carbocycles. The molecule has 0 spiro atoms. The van der Waals surface area contributed by atoms with Crippen LogP contribution in [0, 0.1) is 11.3 Å². The first kappa shape index (κ1) is 34.2. The van der Waals surface area contributed by atoms with Gasteiger partial charge < -0.3 is 14.5 Å². The number of hydrogen-bond acceptors (Lipinski definition) is 6. The quantitative estimate of drug-likeness (QED) is 0.270. The molecular weight excluding hydrogens is 635 g/mol. The van der Waals surface area contributed by atoms with Crippen molar-refractivity contribution in [1.82, 2.24) is 19.6 Å². The predicted molar refractivity (Wildman–Crippen MR) is 185 cm³/mol. The number of amides is 3. The van der Waals surface area contributed by atoms with Gasteiger partial charge in [-0.1, -0.05) is 53.5 Å². The lowest BCUT2D eigenvalue weighted by Gasteiger charge is -2.39. The molecule has 47 heavy (non-hydrogen) atoms. The summed E-state index contributed by atoms with van der Waals surface area (Å²) in [5, 5.41) is 11.0. The fourth-order valence-electron chi connectivity index (χ4n) is 5.87. The van der Waals surface area contributed by atoms with E-state index in [4.69, 9.17) is 32.9 Å². The van der Waals surface area contributed by atoms with E-state index in [2.05, 4.69) is 11.0 Å². The number of hydrogen-bond donors (Lipinski definition) is 0. The summed E-state index contributed by atoms with van der Waals surface area (Å²) in [4.78, 5) is 39.7. The normalized spacial score (nSPS) is 18.5. The maximum absolute atomic E-state index is 14.8. The van der Waals surface area contributed by atoms with Gasteiger partial charge in [-0.2, -0.15) is 5.26 Å². The Bertz CT molecular complexity index is 1680. The summed E-state index contributed by atoms with van der Waals surface area (Å²) in [6, 6.07) is 21.9. The van der Waals surface area contributed by atoms with Crippen LogP contribution in [0.25, 0.3) is 0 Å². The van der Waals surface area contributed by atoms with Crippen molar-refractivity contribution in [3.63, 3.8) is 0 Å². The molecule has 0 saturated carbocycles. The minimum absolute atomic E-state index is 0.0267. The van der Waals surface area contributed by atoms with Gasteiger partial charge in [0.25, 0.3) is 0 Å². The first-order valence-electron chi connectivity index (χ1n) is 15.7. The highest BCUT2D eigenvalue weighted by Gasteiger charge is 2.45. The molecule has 11 heteroatoms. The number of nitriles is 1. The SMILES string of the molecule is CCOc1cc(C(C)(C)C#N)ccc1C1=N[C@@H](c2ccc(Cl)cc2)[C@@H](c2ccc(Cl)cc2)N1C(=O)N1CCN(CC(=O)N(C)C)CC1. The zero-order valence-corrected chi connectivity index (χ0v) is 28.9. The van der Waals surface area contributed by atoms with Crippen LogP contribution in [0.1, 0.15) is 55.1 Å². The summed E-state index contributed by atoms with van der Waals surface area (Å²) in [6.45, 7) is 8.36. The van der Waals surface area contributed by atoms with Crippen LogP contribution in [0.3, 0.4) is 0 Å². The minimum atomic E-state index is -0.747. The molecule has 2 aliphatic heterocycles. The largest absolute Gasteiger partial charge is 0.493 e. The van der Waals surface area contributed by atoms with Crippen LogP contribution < -0.4 is 4.74 Å². The average molecular weight is 676 g/mol. The number of ether oxygens (including phenoxy) is 1. The Morgan fingerprint density at radius 3 is 2.11 bits per heavy atom. The Labute approximate surface area is 286 Å². The lowest BCUT2D eigenvalue weighted by atomic mass is 9.85. The van der Waals surface area contributed by atoms with Crippen LogP contribution >= 0.6 is 23.2 Å². The third-order valence-electron chi connectivity index (χ3n) is 8.72. The highest BCUT2D eigenvalue weighted by Crippen LogP contribution is 2.46. The maximum atomic E-state index is 14.8. The van der Waals surface area contributed by atoms with Crippen molar-refractivity contribution < 1.29 is 14.3 Å². The van der Waals surface area contributed by atoms with Crippen LogP contribution in [-0.4, -0.2) is 90.8 Å². The zero-order chi connectivity index (χ0) is 33.9. The number of likely N-dealkylation sites (N-methyl/N-ethyl adjacent to an activating group) is 1. The summed E-state index contributed by atoms with van der Waals surface area (Å²) in [5.74, 6) is 1.05. The van der Waals surface area contributed by atoms with Gasteiger partial charge in [-0.25, -0.2) is 4.79 Å². The van der Waals surface area contributed by atoms with Crippen molar-refractivity contribution in [3.8, 4) is 11.8 Å². The monoisotopic (exact) mass is 674 g/mol. The third kappa shape index (κ3) is 7.41. The molecule has 2 aliphatic rings. The van der Waals surface area contributed by atoms with E-state index in [-0.39, 0.29) is 11.9 Å². The fraction of sp³-hybridized carbons (Fsp3) is 0.389. The van der Waals surface area contributed by atoms with Gasteiger partial charge in [0, 0.05) is 50.3 Å². The molecule has 0 radical (unpaired) electrons. The smallest absolute Gasteiger partial charge is 0.326 e. The Morgan fingerprint density at radius 1 is 0.957 bits per heavy atom. The van der Waals surface area contributed by atoms with Crippen molar-refractivity contribution in [2.45, 2.75) is 38.3 Å². The Morgan fingerprint density at radius 2 is 1.55 bits per heavy atom. The van der Waals surface area contributed by atoms with Crippen molar-refractivity contribution in [2.24, 2.45) is 4.99 Å². The van der Waals surface area contributed by atoms with E-state index in [0.717, 1.165) is 16.7 Å². The van der Waals surface area contributed by atoms with Crippen LogP contribution in [0.5, 0.6) is 5.75 Å². The zero-order valence-electron chi connectivity index (χ0n) is 27.4. The number of nitrogens with zero attached hydrogens (tertiary/aromatic N) is 6. The molecule has 0 unspecified atom stereocenters. The second kappa shape index (κ2) is 14.3. The van der Waals surface area contributed by atoms with Crippen molar-refractivity contribution in [1.29, 1.82) is 5.26 Å². The summed E-state index contributed by atoms with van der Waals surface area (Å²) in [7, 11) is 3.49. The van der Waals surface area contributed by atoms with E-state index in [1.165, 1.54) is 0 Å². The molecule has 246 valence electrons. The van der Waals surface area contributed by atoms with Crippen molar-refractivity contribution >= 4 is 41.0 Å². The van der Waals surface area contributed by atoms with Crippen LogP contribution in [0.4, 0.5) is 4.79 Å². The molecule has 5 rings (SSSR count). The van der Waals surface area contributed by atoms with E-state index in [0.29, 0.717) is 66.5 Å². The van der Waals surface area contributed by atoms with Crippen molar-refractivity contribution in [2.75, 3.05) is 53.4 Å². The maximum Gasteiger partial charge on any atom is 0.326 e. The number of halogens is 2. The molecule has 0 aromatic heterocycles. The van der Waals surface area contributed by atoms with Gasteiger partial charge in [0.15, 0.2) is 0 Å². The lowest BCUT2D eigenvalue weighted by Crippen LogP contribution is -2.55. The standard InChI is InChI=1S/C36H40Cl2N6O3/c1-6-47-30-21-26(36(2,3)23-39)11-16-29(30)34-40-32(24-7-12-27(37)13-8-24)33(25-9-14-28(38)15-10-25)44(34)35(46)43-19-17-42(18-20-43)22-31(45)41(4)5/h7-16,21,32-33H,6,17-20,22H2,1-5H3/t32-,33+/m0/s1. The van der Waals surface area contributed by atoms with Crippen LogP contribution in [0.2, 0.25) is 10.0 Å². The second-order valence-corrected chi connectivity index (χ2v) is 13.4. The van der Waals surface area contributed by atoms with E-state index in [1.54, 1.807) is 23.9 Å². The summed E-state index contributed by atoms with van der Waals surface area (Å²) in [6.07, 6.45) is 0. The molecule has 9 nitrogen and oxygen atoms in total. The van der Waals surface area contributed by atoms with Gasteiger partial charge >= 0.3 is 6.03 Å². The fourth-order valence-corrected chi connectivity index (χ4v) is 6.12. The summed E-state index contributed by atoms with van der Waals surface area (Å²) >= 11 is 12.6. The Kier molecular flexibility index (Phi) is 10.5. The van der Waals surface area contributed by atoms with E-state index in [1.807, 2.05) is 92.4 Å². The first-order valence-corrected chi connectivity index (χ1v) is 16.5. The van der Waals surface area contributed by atoms with Gasteiger partial charge in [0.05, 0.1) is 36.2 Å². The highest BCUT2D eigenvalue weighted by molar-refractivity contribution is 6.30. The average Bonchev–Trinajstić information content (AvgIpc) is 3.45. The van der Waals surface area contributed by atoms with E-state index >= 15 is 0 Å². The molecule has 0 bridgehead atoms. The number of carbonyl (C=O) groups excluding carboxylic acids is 2. The third-order valence-corrected chi connectivity index (χ3v) is 9.22. The number of amidine groups is 1. The molecule has 3 aromatic rings.